The number of carbonyl (C=O) groups is 1. The lowest BCUT2D eigenvalue weighted by Gasteiger charge is -2.34. The minimum absolute atomic E-state index is 0.00207. The Bertz CT molecular complexity index is 812. The zero-order chi connectivity index (χ0) is 18.2. The number of nitrogens with zero attached hydrogens (tertiary/aromatic N) is 1. The normalized spacial score (nSPS) is 23.8. The van der Waals surface area contributed by atoms with Crippen LogP contribution in [0.1, 0.15) is 18.9 Å². The van der Waals surface area contributed by atoms with Gasteiger partial charge in [-0.25, -0.2) is 10.2 Å². The van der Waals surface area contributed by atoms with E-state index >= 15 is 0 Å². The SMILES string of the molecule is CC1(C2=NNC(=O)OC2)C=CC(c2cccc(O)c2)=C(C(F)(F)F)C1. The van der Waals surface area contributed by atoms with Crippen LogP contribution in [0.5, 0.6) is 5.75 Å². The highest BCUT2D eigenvalue weighted by molar-refractivity contribution is 5.97. The Balaban J connectivity index is 2.03. The van der Waals surface area contributed by atoms with Crippen molar-refractivity contribution in [2.45, 2.75) is 19.5 Å². The number of cyclic esters (lactones) is 1. The number of hydrogen-bond acceptors (Lipinski definition) is 4. The largest absolute Gasteiger partial charge is 0.508 e. The van der Waals surface area contributed by atoms with Crippen LogP contribution >= 0.6 is 0 Å². The molecular formula is C17H15F3N2O3. The van der Waals surface area contributed by atoms with Gasteiger partial charge in [0.25, 0.3) is 0 Å². The van der Waals surface area contributed by atoms with Crippen LogP contribution in [0.15, 0.2) is 47.1 Å². The van der Waals surface area contributed by atoms with Gasteiger partial charge in [-0.15, -0.1) is 0 Å². The molecule has 1 aromatic carbocycles. The van der Waals surface area contributed by atoms with Crippen molar-refractivity contribution in [3.63, 3.8) is 0 Å². The highest BCUT2D eigenvalue weighted by atomic mass is 19.4. The van der Waals surface area contributed by atoms with E-state index in [-0.39, 0.29) is 29.9 Å². The maximum Gasteiger partial charge on any atom is 0.428 e. The minimum Gasteiger partial charge on any atom is -0.508 e. The summed E-state index contributed by atoms with van der Waals surface area (Å²) in [5.41, 5.74) is 0.945. The predicted molar refractivity (Wildman–Crippen MR) is 84.9 cm³/mol. The molecule has 1 atom stereocenters. The first-order valence-electron chi connectivity index (χ1n) is 7.48. The van der Waals surface area contributed by atoms with E-state index in [1.807, 2.05) is 0 Å². The van der Waals surface area contributed by atoms with E-state index in [1.165, 1.54) is 30.3 Å². The van der Waals surface area contributed by atoms with E-state index in [1.54, 1.807) is 13.0 Å². The molecule has 0 saturated heterocycles. The van der Waals surface area contributed by atoms with Crippen LogP contribution in [0, 0.1) is 5.41 Å². The first-order valence-corrected chi connectivity index (χ1v) is 7.48. The van der Waals surface area contributed by atoms with Crippen LogP contribution in [-0.2, 0) is 4.74 Å². The second kappa shape index (κ2) is 5.94. The number of halogens is 3. The second-order valence-corrected chi connectivity index (χ2v) is 6.11. The van der Waals surface area contributed by atoms with Crippen molar-refractivity contribution in [1.29, 1.82) is 0 Å². The van der Waals surface area contributed by atoms with Crippen molar-refractivity contribution in [2.75, 3.05) is 6.61 Å². The number of phenols is 1. The molecule has 2 N–H and O–H groups in total. The summed E-state index contributed by atoms with van der Waals surface area (Å²) < 4.78 is 45.8. The van der Waals surface area contributed by atoms with E-state index in [0.717, 1.165) is 0 Å². The maximum absolute atomic E-state index is 13.7. The molecule has 132 valence electrons. The van der Waals surface area contributed by atoms with Crippen LogP contribution < -0.4 is 5.43 Å². The molecular weight excluding hydrogens is 337 g/mol. The molecule has 0 fully saturated rings. The quantitative estimate of drug-likeness (QED) is 0.851. The molecule has 0 spiro atoms. The van der Waals surface area contributed by atoms with Crippen molar-refractivity contribution < 1.29 is 27.8 Å². The Hall–Kier alpha value is -2.77. The van der Waals surface area contributed by atoms with Crippen LogP contribution in [0.2, 0.25) is 0 Å². The molecule has 3 rings (SSSR count). The Morgan fingerprint density at radius 2 is 2.12 bits per heavy atom. The molecule has 8 heteroatoms. The third kappa shape index (κ3) is 3.38. The molecule has 1 aliphatic carbocycles. The zero-order valence-electron chi connectivity index (χ0n) is 13.2. The molecule has 0 saturated carbocycles. The average Bonchev–Trinajstić information content (AvgIpc) is 2.54. The van der Waals surface area contributed by atoms with Crippen molar-refractivity contribution in [2.24, 2.45) is 10.5 Å². The molecule has 1 aromatic rings. The molecule has 5 nitrogen and oxygen atoms in total. The second-order valence-electron chi connectivity index (χ2n) is 6.11. The summed E-state index contributed by atoms with van der Waals surface area (Å²) in [7, 11) is 0. The molecule has 2 aliphatic rings. The molecule has 1 unspecified atom stereocenters. The van der Waals surface area contributed by atoms with E-state index in [9.17, 15) is 23.1 Å². The third-order valence-electron chi connectivity index (χ3n) is 4.27. The van der Waals surface area contributed by atoms with Crippen molar-refractivity contribution in [3.05, 3.63) is 47.6 Å². The fraction of sp³-hybridized carbons (Fsp3) is 0.294. The van der Waals surface area contributed by atoms with Gasteiger partial charge in [0.05, 0.1) is 5.71 Å². The summed E-state index contributed by atoms with van der Waals surface area (Å²) in [5.74, 6) is -0.110. The summed E-state index contributed by atoms with van der Waals surface area (Å²) in [5, 5.41) is 13.4. The van der Waals surface area contributed by atoms with E-state index < -0.39 is 23.3 Å². The number of hydrazone groups is 1. The van der Waals surface area contributed by atoms with Gasteiger partial charge in [-0.05, 0) is 29.7 Å². The van der Waals surface area contributed by atoms with Crippen molar-refractivity contribution in [3.8, 4) is 5.75 Å². The van der Waals surface area contributed by atoms with Gasteiger partial charge in [-0.1, -0.05) is 31.2 Å². The Morgan fingerprint density at radius 3 is 2.72 bits per heavy atom. The number of ether oxygens (including phenoxy) is 1. The fourth-order valence-corrected chi connectivity index (χ4v) is 2.89. The van der Waals surface area contributed by atoms with Crippen LogP contribution in [-0.4, -0.2) is 29.7 Å². The number of aromatic hydroxyl groups is 1. The standard InChI is InChI=1S/C17H15F3N2O3/c1-16(14-9-25-15(24)22-21-14)6-5-12(13(8-16)17(18,19)20)10-3-2-4-11(23)7-10/h2-7,23H,8-9H2,1H3,(H,22,24). The lowest BCUT2D eigenvalue weighted by Crippen LogP contribution is -2.40. The molecule has 1 amide bonds. The number of rotatable bonds is 2. The highest BCUT2D eigenvalue weighted by Crippen LogP contribution is 2.46. The highest BCUT2D eigenvalue weighted by Gasteiger charge is 2.44. The minimum atomic E-state index is -4.55. The zero-order valence-corrected chi connectivity index (χ0v) is 13.2. The fourth-order valence-electron chi connectivity index (χ4n) is 2.89. The number of allylic oxidation sites excluding steroid dienone is 4. The average molecular weight is 352 g/mol. The van der Waals surface area contributed by atoms with Gasteiger partial charge in [0.1, 0.15) is 12.4 Å². The molecule has 0 bridgehead atoms. The third-order valence-corrected chi connectivity index (χ3v) is 4.27. The summed E-state index contributed by atoms with van der Waals surface area (Å²) >= 11 is 0. The van der Waals surface area contributed by atoms with Crippen LogP contribution in [0.25, 0.3) is 5.57 Å². The topological polar surface area (TPSA) is 70.9 Å². The molecule has 0 aromatic heterocycles. The van der Waals surface area contributed by atoms with Gasteiger partial charge in [-0.2, -0.15) is 18.3 Å². The van der Waals surface area contributed by atoms with E-state index in [4.69, 9.17) is 4.74 Å². The Kier molecular flexibility index (Phi) is 4.06. The van der Waals surface area contributed by atoms with E-state index in [2.05, 4.69) is 10.5 Å². The lowest BCUT2D eigenvalue weighted by molar-refractivity contribution is -0.0949. The van der Waals surface area contributed by atoms with Crippen LogP contribution in [0.3, 0.4) is 0 Å². The number of benzene rings is 1. The molecule has 1 aliphatic heterocycles. The van der Waals surface area contributed by atoms with Crippen molar-refractivity contribution >= 4 is 17.4 Å². The number of carbonyl (C=O) groups excluding carboxylic acids is 1. The predicted octanol–water partition coefficient (Wildman–Crippen LogP) is 3.77. The summed E-state index contributed by atoms with van der Waals surface area (Å²) in [4.78, 5) is 11.0. The number of phenolic OH excluding ortho intramolecular Hbond substituents is 1. The van der Waals surface area contributed by atoms with Crippen molar-refractivity contribution in [1.82, 2.24) is 5.43 Å². The van der Waals surface area contributed by atoms with Gasteiger partial charge >= 0.3 is 12.3 Å². The first kappa shape index (κ1) is 17.1. The maximum atomic E-state index is 13.7. The summed E-state index contributed by atoms with van der Waals surface area (Å²) in [6.45, 7) is 1.44. The number of hydrogen-bond donors (Lipinski definition) is 2. The van der Waals surface area contributed by atoms with Gasteiger partial charge in [0, 0.05) is 11.0 Å². The molecule has 25 heavy (non-hydrogen) atoms. The van der Waals surface area contributed by atoms with Gasteiger partial charge in [0.15, 0.2) is 0 Å². The van der Waals surface area contributed by atoms with Gasteiger partial charge in [0.2, 0.25) is 0 Å². The number of nitrogens with one attached hydrogen (secondary N) is 1. The monoisotopic (exact) mass is 352 g/mol. The summed E-state index contributed by atoms with van der Waals surface area (Å²) in [6.07, 6.45) is -2.65. The molecule has 0 radical (unpaired) electrons. The molecule has 1 heterocycles. The number of amides is 1. The number of alkyl halides is 3. The smallest absolute Gasteiger partial charge is 0.428 e. The van der Waals surface area contributed by atoms with Gasteiger partial charge < -0.3 is 9.84 Å². The van der Waals surface area contributed by atoms with Gasteiger partial charge in [-0.3, -0.25) is 0 Å². The first-order chi connectivity index (χ1) is 11.7. The Morgan fingerprint density at radius 1 is 1.36 bits per heavy atom. The van der Waals surface area contributed by atoms with E-state index in [0.29, 0.717) is 5.71 Å². The van der Waals surface area contributed by atoms with Crippen LogP contribution in [0.4, 0.5) is 18.0 Å². The Labute approximate surface area is 141 Å². The lowest BCUT2D eigenvalue weighted by atomic mass is 9.73. The summed E-state index contributed by atoms with van der Waals surface area (Å²) in [6, 6.07) is 5.68.